The molecule has 0 saturated carbocycles. The molecule has 136 valence electrons. The fourth-order valence-electron chi connectivity index (χ4n) is 3.02. The maximum Gasteiger partial charge on any atom is 0.229 e. The molecule has 0 bridgehead atoms. The van der Waals surface area contributed by atoms with Crippen molar-refractivity contribution in [2.75, 3.05) is 5.32 Å². The van der Waals surface area contributed by atoms with Gasteiger partial charge in [-0.1, -0.05) is 26.0 Å². The van der Waals surface area contributed by atoms with Crippen LogP contribution in [-0.2, 0) is 31.1 Å². The van der Waals surface area contributed by atoms with Gasteiger partial charge < -0.3 is 5.32 Å². The van der Waals surface area contributed by atoms with Gasteiger partial charge in [-0.25, -0.2) is 0 Å². The molecule has 2 heterocycles. The number of anilines is 1. The molecule has 0 spiro atoms. The van der Waals surface area contributed by atoms with E-state index in [9.17, 15) is 4.79 Å². The molecule has 0 saturated heterocycles. The molecule has 26 heavy (non-hydrogen) atoms. The van der Waals surface area contributed by atoms with E-state index in [-0.39, 0.29) is 5.91 Å². The number of benzene rings is 1. The number of amides is 1. The molecule has 1 aromatic carbocycles. The van der Waals surface area contributed by atoms with E-state index < -0.39 is 0 Å². The summed E-state index contributed by atoms with van der Waals surface area (Å²) in [5.41, 5.74) is 3.93. The fraction of sp³-hybridized carbons (Fsp3) is 0.389. The number of nitrogens with one attached hydrogen (secondary N) is 1. The Kier molecular flexibility index (Phi) is 5.11. The van der Waals surface area contributed by atoms with Gasteiger partial charge >= 0.3 is 0 Å². The van der Waals surface area contributed by atoms with Crippen LogP contribution in [-0.4, -0.2) is 35.9 Å². The van der Waals surface area contributed by atoms with Crippen LogP contribution in [0.5, 0.6) is 0 Å². The van der Waals surface area contributed by atoms with Crippen LogP contribution in [0, 0.1) is 6.92 Å². The number of rotatable bonds is 6. The second-order valence-corrected chi connectivity index (χ2v) is 6.13. The third kappa shape index (κ3) is 3.49. The molecule has 3 aromatic rings. The van der Waals surface area contributed by atoms with Gasteiger partial charge in [-0.2, -0.15) is 9.78 Å². The quantitative estimate of drug-likeness (QED) is 0.732. The van der Waals surface area contributed by atoms with Crippen molar-refractivity contribution >= 4 is 11.7 Å². The van der Waals surface area contributed by atoms with Crippen molar-refractivity contribution in [3.8, 4) is 5.69 Å². The summed E-state index contributed by atoms with van der Waals surface area (Å²) in [7, 11) is 1.86. The maximum atomic E-state index is 12.5. The van der Waals surface area contributed by atoms with Crippen molar-refractivity contribution in [3.63, 3.8) is 0 Å². The highest BCUT2D eigenvalue weighted by Gasteiger charge is 2.16. The number of carbonyl (C=O) groups is 1. The standard InChI is InChI=1S/C18H23N7O/c1-5-15-16(6-2)21-24(4)18(15)19-17(26)11-13-7-9-14(10-8-13)25-12(3)20-22-23-25/h7-10H,5-6,11H2,1-4H3,(H,19,26). The van der Waals surface area contributed by atoms with E-state index in [1.807, 2.05) is 38.2 Å². The molecular formula is C18H23N7O. The van der Waals surface area contributed by atoms with Gasteiger partial charge in [-0.3, -0.25) is 9.48 Å². The highest BCUT2D eigenvalue weighted by Crippen LogP contribution is 2.21. The average Bonchev–Trinajstić information content (AvgIpc) is 3.19. The molecule has 0 unspecified atom stereocenters. The Morgan fingerprint density at radius 2 is 1.88 bits per heavy atom. The van der Waals surface area contributed by atoms with Crippen molar-refractivity contribution < 1.29 is 4.79 Å². The summed E-state index contributed by atoms with van der Waals surface area (Å²) in [6, 6.07) is 7.64. The number of nitrogens with zero attached hydrogens (tertiary/aromatic N) is 6. The van der Waals surface area contributed by atoms with Crippen molar-refractivity contribution in [2.45, 2.75) is 40.0 Å². The van der Waals surface area contributed by atoms with Crippen molar-refractivity contribution in [2.24, 2.45) is 7.05 Å². The molecule has 0 aliphatic heterocycles. The second kappa shape index (κ2) is 7.47. The topological polar surface area (TPSA) is 90.5 Å². The number of aryl methyl sites for hydroxylation is 3. The Labute approximate surface area is 152 Å². The van der Waals surface area contributed by atoms with E-state index in [1.165, 1.54) is 0 Å². The summed E-state index contributed by atoms with van der Waals surface area (Å²) in [5, 5.41) is 18.9. The lowest BCUT2D eigenvalue weighted by Gasteiger charge is -2.09. The SMILES string of the molecule is CCc1nn(C)c(NC(=O)Cc2ccc(-n3nnnc3C)cc2)c1CC. The lowest BCUT2D eigenvalue weighted by Crippen LogP contribution is -2.17. The normalized spacial score (nSPS) is 10.9. The third-order valence-electron chi connectivity index (χ3n) is 4.35. The van der Waals surface area contributed by atoms with Crippen molar-refractivity contribution in [3.05, 3.63) is 46.9 Å². The molecule has 0 atom stereocenters. The van der Waals surface area contributed by atoms with E-state index >= 15 is 0 Å². The van der Waals surface area contributed by atoms with Gasteiger partial charge in [0, 0.05) is 12.6 Å². The first-order chi connectivity index (χ1) is 12.5. The van der Waals surface area contributed by atoms with Gasteiger partial charge in [0.2, 0.25) is 5.91 Å². The van der Waals surface area contributed by atoms with Crippen molar-refractivity contribution in [1.29, 1.82) is 0 Å². The first-order valence-electron chi connectivity index (χ1n) is 8.72. The molecular weight excluding hydrogens is 330 g/mol. The molecule has 8 heteroatoms. The summed E-state index contributed by atoms with van der Waals surface area (Å²) in [4.78, 5) is 12.5. The number of aromatic nitrogens is 6. The van der Waals surface area contributed by atoms with Crippen LogP contribution >= 0.6 is 0 Å². The number of hydrogen-bond donors (Lipinski definition) is 1. The highest BCUT2D eigenvalue weighted by atomic mass is 16.1. The monoisotopic (exact) mass is 353 g/mol. The molecule has 1 N–H and O–H groups in total. The van der Waals surface area contributed by atoms with Crippen LogP contribution in [0.3, 0.4) is 0 Å². The zero-order valence-electron chi connectivity index (χ0n) is 15.5. The van der Waals surface area contributed by atoms with Crippen LogP contribution in [0.25, 0.3) is 5.69 Å². The molecule has 8 nitrogen and oxygen atoms in total. The van der Waals surface area contributed by atoms with Crippen LogP contribution in [0.1, 0.15) is 36.5 Å². The summed E-state index contributed by atoms with van der Waals surface area (Å²) >= 11 is 0. The average molecular weight is 353 g/mol. The van der Waals surface area contributed by atoms with Crippen molar-refractivity contribution in [1.82, 2.24) is 30.0 Å². The Bertz CT molecular complexity index is 908. The van der Waals surface area contributed by atoms with Crippen LogP contribution in [0.15, 0.2) is 24.3 Å². The number of carbonyl (C=O) groups excluding carboxylic acids is 1. The van der Waals surface area contributed by atoms with E-state index in [4.69, 9.17) is 0 Å². The van der Waals surface area contributed by atoms with Gasteiger partial charge in [-0.15, -0.1) is 5.10 Å². The van der Waals surface area contributed by atoms with E-state index in [1.54, 1.807) is 9.36 Å². The fourth-order valence-corrected chi connectivity index (χ4v) is 3.02. The highest BCUT2D eigenvalue weighted by molar-refractivity contribution is 5.92. The summed E-state index contributed by atoms with van der Waals surface area (Å²) < 4.78 is 3.40. The Morgan fingerprint density at radius 3 is 2.46 bits per heavy atom. The maximum absolute atomic E-state index is 12.5. The minimum absolute atomic E-state index is 0.0586. The Balaban J connectivity index is 1.71. The largest absolute Gasteiger partial charge is 0.310 e. The minimum atomic E-state index is -0.0586. The van der Waals surface area contributed by atoms with Crippen LogP contribution in [0.2, 0.25) is 0 Å². The van der Waals surface area contributed by atoms with Gasteiger partial charge in [0.05, 0.1) is 17.8 Å². The lowest BCUT2D eigenvalue weighted by atomic mass is 10.1. The zero-order chi connectivity index (χ0) is 18.7. The zero-order valence-corrected chi connectivity index (χ0v) is 15.5. The smallest absolute Gasteiger partial charge is 0.229 e. The first-order valence-corrected chi connectivity index (χ1v) is 8.72. The van der Waals surface area contributed by atoms with Gasteiger partial charge in [0.25, 0.3) is 0 Å². The van der Waals surface area contributed by atoms with E-state index in [0.29, 0.717) is 12.2 Å². The number of hydrogen-bond acceptors (Lipinski definition) is 5. The van der Waals surface area contributed by atoms with Gasteiger partial charge in [0.1, 0.15) is 5.82 Å². The lowest BCUT2D eigenvalue weighted by molar-refractivity contribution is -0.115. The first kappa shape index (κ1) is 17.8. The molecule has 0 aliphatic rings. The van der Waals surface area contributed by atoms with E-state index in [2.05, 4.69) is 39.8 Å². The summed E-state index contributed by atoms with van der Waals surface area (Å²) in [6.45, 7) is 5.98. The second-order valence-electron chi connectivity index (χ2n) is 6.13. The van der Waals surface area contributed by atoms with Gasteiger partial charge in [0.15, 0.2) is 5.82 Å². The molecule has 3 rings (SSSR count). The predicted molar refractivity (Wildman–Crippen MR) is 98.2 cm³/mol. The Hall–Kier alpha value is -3.03. The van der Waals surface area contributed by atoms with E-state index in [0.717, 1.165) is 41.2 Å². The Morgan fingerprint density at radius 1 is 1.15 bits per heavy atom. The summed E-state index contributed by atoms with van der Waals surface area (Å²) in [6.07, 6.45) is 1.99. The molecule has 0 aliphatic carbocycles. The third-order valence-corrected chi connectivity index (χ3v) is 4.35. The van der Waals surface area contributed by atoms with Crippen LogP contribution < -0.4 is 5.32 Å². The molecule has 1 amide bonds. The minimum Gasteiger partial charge on any atom is -0.310 e. The molecule has 2 aromatic heterocycles. The molecule has 0 radical (unpaired) electrons. The molecule has 0 fully saturated rings. The predicted octanol–water partition coefficient (Wildman–Crippen LogP) is 2.01. The van der Waals surface area contributed by atoms with Crippen LogP contribution in [0.4, 0.5) is 5.82 Å². The summed E-state index contributed by atoms with van der Waals surface area (Å²) in [5.74, 6) is 1.44. The van der Waals surface area contributed by atoms with Gasteiger partial charge in [-0.05, 0) is 47.9 Å². The number of tetrazole rings is 1.